The van der Waals surface area contributed by atoms with Gasteiger partial charge in [-0.2, -0.15) is 11.8 Å². The summed E-state index contributed by atoms with van der Waals surface area (Å²) in [5, 5.41) is 3.03. The van der Waals surface area contributed by atoms with Gasteiger partial charge in [0.2, 0.25) is 10.0 Å². The lowest BCUT2D eigenvalue weighted by Crippen LogP contribution is -2.37. The molecular weight excluding hydrogens is 360 g/mol. The molecular formula is C13H19BrN2O2S2. The lowest BCUT2D eigenvalue weighted by molar-refractivity contribution is 0.528. The van der Waals surface area contributed by atoms with E-state index in [1.165, 1.54) is 0 Å². The van der Waals surface area contributed by atoms with Crippen LogP contribution < -0.4 is 10.0 Å². The molecule has 1 aromatic rings. The number of nitrogens with one attached hydrogen (secondary N) is 2. The molecule has 4 nitrogen and oxygen atoms in total. The average molecular weight is 379 g/mol. The lowest BCUT2D eigenvalue weighted by atomic mass is 10.2. The third-order valence-corrected chi connectivity index (χ3v) is 6.77. The smallest absolute Gasteiger partial charge is 0.241 e. The summed E-state index contributed by atoms with van der Waals surface area (Å²) in [5.74, 6) is 2.04. The van der Waals surface area contributed by atoms with E-state index in [4.69, 9.17) is 0 Å². The quantitative estimate of drug-likeness (QED) is 0.825. The Morgan fingerprint density at radius 1 is 1.35 bits per heavy atom. The van der Waals surface area contributed by atoms with E-state index in [2.05, 4.69) is 26.0 Å². The minimum atomic E-state index is -3.47. The second-order valence-corrected chi connectivity index (χ2v) is 8.56. The molecule has 0 unspecified atom stereocenters. The molecule has 2 N–H and O–H groups in total. The van der Waals surface area contributed by atoms with Gasteiger partial charge in [0, 0.05) is 17.1 Å². The summed E-state index contributed by atoms with van der Waals surface area (Å²) in [4.78, 5) is 0.323. The largest absolute Gasteiger partial charge is 0.316 e. The SMILES string of the molecule is CNCc1ccc(Br)c(S(=O)(=O)NC2CCSCC2)c1. The first-order chi connectivity index (χ1) is 9.53. The number of benzene rings is 1. The summed E-state index contributed by atoms with van der Waals surface area (Å²) in [6.07, 6.45) is 1.80. The predicted molar refractivity (Wildman–Crippen MR) is 87.6 cm³/mol. The van der Waals surface area contributed by atoms with Crippen molar-refractivity contribution in [1.29, 1.82) is 0 Å². The number of hydrogen-bond acceptors (Lipinski definition) is 4. The van der Waals surface area contributed by atoms with Crippen LogP contribution in [-0.2, 0) is 16.6 Å². The molecule has 112 valence electrons. The molecule has 0 amide bonds. The molecule has 1 saturated heterocycles. The van der Waals surface area contributed by atoms with Gasteiger partial charge in [0.25, 0.3) is 0 Å². The maximum atomic E-state index is 12.5. The molecule has 1 aliphatic heterocycles. The van der Waals surface area contributed by atoms with Crippen molar-refractivity contribution in [1.82, 2.24) is 10.0 Å². The number of thioether (sulfide) groups is 1. The van der Waals surface area contributed by atoms with Crippen molar-refractivity contribution in [3.63, 3.8) is 0 Å². The minimum absolute atomic E-state index is 0.0566. The van der Waals surface area contributed by atoms with Crippen LogP contribution in [0.4, 0.5) is 0 Å². The first kappa shape index (κ1) is 16.3. The Bertz CT molecular complexity index is 557. The topological polar surface area (TPSA) is 58.2 Å². The molecule has 0 aliphatic carbocycles. The van der Waals surface area contributed by atoms with E-state index in [1.54, 1.807) is 12.1 Å². The van der Waals surface area contributed by atoms with Crippen LogP contribution in [0.2, 0.25) is 0 Å². The van der Waals surface area contributed by atoms with E-state index in [-0.39, 0.29) is 6.04 Å². The van der Waals surface area contributed by atoms with Gasteiger partial charge in [-0.05, 0) is 65.0 Å². The molecule has 1 heterocycles. The van der Waals surface area contributed by atoms with Gasteiger partial charge in [-0.25, -0.2) is 13.1 Å². The fourth-order valence-corrected chi connectivity index (χ4v) is 5.59. The van der Waals surface area contributed by atoms with Gasteiger partial charge in [-0.15, -0.1) is 0 Å². The van der Waals surface area contributed by atoms with E-state index < -0.39 is 10.0 Å². The second-order valence-electron chi connectivity index (χ2n) is 4.80. The molecule has 7 heteroatoms. The van der Waals surface area contributed by atoms with Crippen LogP contribution in [0.5, 0.6) is 0 Å². The summed E-state index contributed by atoms with van der Waals surface area (Å²) in [7, 11) is -1.62. The van der Waals surface area contributed by atoms with Crippen LogP contribution in [0.25, 0.3) is 0 Å². The predicted octanol–water partition coefficient (Wildman–Crippen LogP) is 2.34. The van der Waals surface area contributed by atoms with E-state index in [1.807, 2.05) is 24.9 Å². The first-order valence-electron chi connectivity index (χ1n) is 6.56. The zero-order chi connectivity index (χ0) is 14.6. The molecule has 20 heavy (non-hydrogen) atoms. The van der Waals surface area contributed by atoms with Crippen LogP contribution in [0.1, 0.15) is 18.4 Å². The molecule has 0 saturated carbocycles. The molecule has 0 atom stereocenters. The van der Waals surface area contributed by atoms with Crippen molar-refractivity contribution in [3.05, 3.63) is 28.2 Å². The summed E-state index contributed by atoms with van der Waals surface area (Å²) in [6, 6.07) is 5.48. The van der Waals surface area contributed by atoms with Gasteiger partial charge in [0.15, 0.2) is 0 Å². The van der Waals surface area contributed by atoms with Gasteiger partial charge in [0.05, 0.1) is 4.90 Å². The van der Waals surface area contributed by atoms with Crippen LogP contribution in [0.3, 0.4) is 0 Å². The summed E-state index contributed by atoms with van der Waals surface area (Å²) >= 11 is 5.22. The number of sulfonamides is 1. The molecule has 0 spiro atoms. The number of hydrogen-bond donors (Lipinski definition) is 2. The highest BCUT2D eigenvalue weighted by Gasteiger charge is 2.24. The lowest BCUT2D eigenvalue weighted by Gasteiger charge is -2.22. The summed E-state index contributed by atoms with van der Waals surface area (Å²) in [6.45, 7) is 0.649. The van der Waals surface area contributed by atoms with Gasteiger partial charge in [-0.1, -0.05) is 6.07 Å². The highest BCUT2D eigenvalue weighted by Crippen LogP contribution is 2.25. The van der Waals surface area contributed by atoms with Crippen LogP contribution in [-0.4, -0.2) is 33.0 Å². The molecule has 1 aliphatic rings. The Morgan fingerprint density at radius 2 is 2.05 bits per heavy atom. The van der Waals surface area contributed by atoms with E-state index >= 15 is 0 Å². The van der Waals surface area contributed by atoms with Crippen molar-refractivity contribution in [2.45, 2.75) is 30.3 Å². The highest BCUT2D eigenvalue weighted by molar-refractivity contribution is 9.10. The van der Waals surface area contributed by atoms with Crippen molar-refractivity contribution in [3.8, 4) is 0 Å². The average Bonchev–Trinajstić information content (AvgIpc) is 2.42. The monoisotopic (exact) mass is 378 g/mol. The van der Waals surface area contributed by atoms with Crippen molar-refractivity contribution in [2.24, 2.45) is 0 Å². The molecule has 2 rings (SSSR count). The van der Waals surface area contributed by atoms with Crippen molar-refractivity contribution in [2.75, 3.05) is 18.6 Å². The molecule has 0 bridgehead atoms. The molecule has 1 aromatic carbocycles. The van der Waals surface area contributed by atoms with Crippen molar-refractivity contribution < 1.29 is 8.42 Å². The normalized spacial score (nSPS) is 17.3. The zero-order valence-electron chi connectivity index (χ0n) is 11.4. The number of rotatable bonds is 5. The van der Waals surface area contributed by atoms with E-state index in [0.29, 0.717) is 15.9 Å². The second kappa shape index (κ2) is 7.26. The Kier molecular flexibility index (Phi) is 5.92. The first-order valence-corrected chi connectivity index (χ1v) is 9.99. The molecule has 1 fully saturated rings. The molecule has 0 radical (unpaired) electrons. The van der Waals surface area contributed by atoms with Crippen LogP contribution in [0.15, 0.2) is 27.6 Å². The third kappa shape index (κ3) is 4.21. The van der Waals surface area contributed by atoms with Gasteiger partial charge in [-0.3, -0.25) is 0 Å². The maximum Gasteiger partial charge on any atom is 0.241 e. The third-order valence-electron chi connectivity index (χ3n) is 3.21. The maximum absolute atomic E-state index is 12.5. The van der Waals surface area contributed by atoms with Crippen molar-refractivity contribution >= 4 is 37.7 Å². The van der Waals surface area contributed by atoms with Gasteiger partial charge >= 0.3 is 0 Å². The summed E-state index contributed by atoms with van der Waals surface area (Å²) in [5.41, 5.74) is 0.954. The fourth-order valence-electron chi connectivity index (χ4n) is 2.17. The van der Waals surface area contributed by atoms with Gasteiger partial charge in [0.1, 0.15) is 0 Å². The Hall–Kier alpha value is -0.0800. The highest BCUT2D eigenvalue weighted by atomic mass is 79.9. The summed E-state index contributed by atoms with van der Waals surface area (Å²) < 4.78 is 28.5. The van der Waals surface area contributed by atoms with E-state index in [0.717, 1.165) is 29.9 Å². The van der Waals surface area contributed by atoms with E-state index in [9.17, 15) is 8.42 Å². The Balaban J connectivity index is 2.21. The molecule has 0 aromatic heterocycles. The number of halogens is 1. The van der Waals surface area contributed by atoms with Crippen LogP contribution in [0, 0.1) is 0 Å². The Morgan fingerprint density at radius 3 is 2.70 bits per heavy atom. The standard InChI is InChI=1S/C13H19BrN2O2S2/c1-15-9-10-2-3-12(14)13(8-10)20(17,18)16-11-4-6-19-7-5-11/h2-3,8,11,15-16H,4-7,9H2,1H3. The fraction of sp³-hybridized carbons (Fsp3) is 0.538. The van der Waals surface area contributed by atoms with Crippen LogP contribution >= 0.6 is 27.7 Å². The zero-order valence-corrected chi connectivity index (χ0v) is 14.6. The Labute approximate surface area is 133 Å². The van der Waals surface area contributed by atoms with Gasteiger partial charge < -0.3 is 5.32 Å². The minimum Gasteiger partial charge on any atom is -0.316 e.